The summed E-state index contributed by atoms with van der Waals surface area (Å²) in [4.78, 5) is 32.9. The molecule has 0 bridgehead atoms. The quantitative estimate of drug-likeness (QED) is 0.836. The average Bonchev–Trinajstić information content (AvgIpc) is 3.06. The first-order valence-electron chi connectivity index (χ1n) is 9.26. The van der Waals surface area contributed by atoms with Gasteiger partial charge in [0.25, 0.3) is 0 Å². The number of allylic oxidation sites excluding steroid dienone is 1. The Hall–Kier alpha value is -3.03. The number of rotatable bonds is 3. The fourth-order valence-corrected chi connectivity index (χ4v) is 3.05. The van der Waals surface area contributed by atoms with Gasteiger partial charge in [0.1, 0.15) is 11.4 Å². The second-order valence-electron chi connectivity index (χ2n) is 7.69. The minimum atomic E-state index is -0.543. The summed E-state index contributed by atoms with van der Waals surface area (Å²) in [6.07, 6.45) is 2.78. The number of hydrogen-bond donors (Lipinski definition) is 2. The SMILES string of the molecule is COC(=O)N1C=C(c2ccc3nc(CNC(=O)OC(C)(C)C)[nH]c3c2)CCC1. The molecule has 1 aromatic carbocycles. The largest absolute Gasteiger partial charge is 0.452 e. The second-order valence-corrected chi connectivity index (χ2v) is 7.69. The van der Waals surface area contributed by atoms with Crippen molar-refractivity contribution in [2.75, 3.05) is 13.7 Å². The molecule has 0 spiro atoms. The van der Waals surface area contributed by atoms with Gasteiger partial charge in [-0.05, 0) is 56.9 Å². The van der Waals surface area contributed by atoms with Crippen molar-refractivity contribution in [1.82, 2.24) is 20.2 Å². The van der Waals surface area contributed by atoms with E-state index in [1.807, 2.05) is 45.2 Å². The van der Waals surface area contributed by atoms with Crippen LogP contribution in [0.5, 0.6) is 0 Å². The molecule has 2 N–H and O–H groups in total. The molecule has 2 aromatic rings. The topological polar surface area (TPSA) is 96.6 Å². The predicted octanol–water partition coefficient (Wildman–Crippen LogP) is 3.79. The lowest BCUT2D eigenvalue weighted by atomic mass is 9.99. The van der Waals surface area contributed by atoms with Crippen molar-refractivity contribution in [2.45, 2.75) is 45.8 Å². The summed E-state index contributed by atoms with van der Waals surface area (Å²) in [5, 5.41) is 2.69. The maximum Gasteiger partial charge on any atom is 0.413 e. The van der Waals surface area contributed by atoms with Crippen LogP contribution in [0, 0.1) is 0 Å². The zero-order valence-corrected chi connectivity index (χ0v) is 16.7. The van der Waals surface area contributed by atoms with Crippen LogP contribution < -0.4 is 5.32 Å². The fourth-order valence-electron chi connectivity index (χ4n) is 3.05. The third kappa shape index (κ3) is 4.82. The number of hydrogen-bond acceptors (Lipinski definition) is 5. The Morgan fingerprint density at radius 3 is 2.82 bits per heavy atom. The lowest BCUT2D eigenvalue weighted by Crippen LogP contribution is -2.32. The van der Waals surface area contributed by atoms with E-state index in [1.54, 1.807) is 4.90 Å². The molecule has 8 nitrogen and oxygen atoms in total. The molecule has 1 aliphatic rings. The molecule has 3 rings (SSSR count). The van der Waals surface area contributed by atoms with Gasteiger partial charge in [-0.1, -0.05) is 6.07 Å². The van der Waals surface area contributed by atoms with E-state index in [4.69, 9.17) is 9.47 Å². The molecule has 0 saturated heterocycles. The number of fused-ring (bicyclic) bond motifs is 1. The van der Waals surface area contributed by atoms with Crippen molar-refractivity contribution in [3.8, 4) is 0 Å². The molecule has 150 valence electrons. The third-order valence-corrected chi connectivity index (χ3v) is 4.27. The van der Waals surface area contributed by atoms with Gasteiger partial charge >= 0.3 is 12.2 Å². The molecular weight excluding hydrogens is 360 g/mol. The summed E-state index contributed by atoms with van der Waals surface area (Å²) in [6, 6.07) is 5.92. The van der Waals surface area contributed by atoms with Gasteiger partial charge in [-0.25, -0.2) is 14.6 Å². The Balaban J connectivity index is 1.73. The zero-order valence-electron chi connectivity index (χ0n) is 16.7. The number of nitrogens with one attached hydrogen (secondary N) is 2. The maximum absolute atomic E-state index is 11.8. The highest BCUT2D eigenvalue weighted by Crippen LogP contribution is 2.27. The van der Waals surface area contributed by atoms with Crippen molar-refractivity contribution in [2.24, 2.45) is 0 Å². The number of nitrogens with zero attached hydrogens (tertiary/aromatic N) is 2. The molecule has 0 saturated carbocycles. The van der Waals surface area contributed by atoms with Gasteiger partial charge in [0.15, 0.2) is 0 Å². The van der Waals surface area contributed by atoms with E-state index in [9.17, 15) is 9.59 Å². The number of H-pyrrole nitrogens is 1. The minimum absolute atomic E-state index is 0.248. The smallest absolute Gasteiger partial charge is 0.413 e. The fraction of sp³-hybridized carbons (Fsp3) is 0.450. The van der Waals surface area contributed by atoms with Crippen LogP contribution in [-0.4, -0.2) is 46.3 Å². The van der Waals surface area contributed by atoms with Gasteiger partial charge in [-0.15, -0.1) is 0 Å². The Morgan fingerprint density at radius 1 is 1.32 bits per heavy atom. The van der Waals surface area contributed by atoms with Gasteiger partial charge in [0, 0.05) is 12.7 Å². The molecule has 28 heavy (non-hydrogen) atoms. The predicted molar refractivity (Wildman–Crippen MR) is 105 cm³/mol. The summed E-state index contributed by atoms with van der Waals surface area (Å²) >= 11 is 0. The third-order valence-electron chi connectivity index (χ3n) is 4.27. The second kappa shape index (κ2) is 7.92. The highest BCUT2D eigenvalue weighted by molar-refractivity contribution is 5.82. The van der Waals surface area contributed by atoms with E-state index in [1.165, 1.54) is 7.11 Å². The van der Waals surface area contributed by atoms with Crippen LogP contribution in [-0.2, 0) is 16.0 Å². The van der Waals surface area contributed by atoms with Crippen LogP contribution in [0.1, 0.15) is 45.0 Å². The number of methoxy groups -OCH3 is 1. The number of alkyl carbamates (subject to hydrolysis) is 1. The summed E-state index contributed by atoms with van der Waals surface area (Å²) in [6.45, 7) is 6.35. The first-order valence-corrected chi connectivity index (χ1v) is 9.26. The molecule has 0 unspecified atom stereocenters. The lowest BCUT2D eigenvalue weighted by Gasteiger charge is -2.24. The van der Waals surface area contributed by atoms with Gasteiger partial charge in [0.2, 0.25) is 0 Å². The van der Waals surface area contributed by atoms with E-state index < -0.39 is 11.7 Å². The number of aromatic nitrogens is 2. The summed E-state index contributed by atoms with van der Waals surface area (Å²) in [5.74, 6) is 0.645. The number of aromatic amines is 1. The summed E-state index contributed by atoms with van der Waals surface area (Å²) in [7, 11) is 1.38. The van der Waals surface area contributed by atoms with Crippen molar-refractivity contribution < 1.29 is 19.1 Å². The zero-order chi connectivity index (χ0) is 20.3. The molecule has 1 aromatic heterocycles. The van der Waals surface area contributed by atoms with E-state index in [0.717, 1.165) is 35.0 Å². The van der Waals surface area contributed by atoms with Gasteiger partial charge in [-0.3, -0.25) is 4.90 Å². The number of carbonyl (C=O) groups is 2. The molecule has 1 aliphatic heterocycles. The lowest BCUT2D eigenvalue weighted by molar-refractivity contribution is 0.0522. The number of ether oxygens (including phenoxy) is 2. The number of carbonyl (C=O) groups excluding carboxylic acids is 2. The van der Waals surface area contributed by atoms with E-state index in [-0.39, 0.29) is 12.6 Å². The summed E-state index contributed by atoms with van der Waals surface area (Å²) in [5.41, 5.74) is 3.23. The molecular formula is C20H26N4O4. The first kappa shape index (κ1) is 19.7. The van der Waals surface area contributed by atoms with E-state index in [0.29, 0.717) is 12.4 Å². The number of imidazole rings is 1. The van der Waals surface area contributed by atoms with E-state index in [2.05, 4.69) is 15.3 Å². The Kier molecular flexibility index (Phi) is 5.58. The van der Waals surface area contributed by atoms with E-state index >= 15 is 0 Å². The van der Waals surface area contributed by atoms with Crippen LogP contribution >= 0.6 is 0 Å². The van der Waals surface area contributed by atoms with Crippen LogP contribution in [0.3, 0.4) is 0 Å². The van der Waals surface area contributed by atoms with Crippen LogP contribution in [0.2, 0.25) is 0 Å². The molecule has 0 atom stereocenters. The molecule has 2 heterocycles. The standard InChI is InChI=1S/C20H26N4O4/c1-20(2,3)28-18(25)21-11-17-22-15-8-7-13(10-16(15)23-17)14-6-5-9-24(12-14)19(26)27-4/h7-8,10,12H,5-6,9,11H2,1-4H3,(H,21,25)(H,22,23). The van der Waals surface area contributed by atoms with Gasteiger partial charge in [-0.2, -0.15) is 0 Å². The molecule has 0 aliphatic carbocycles. The van der Waals surface area contributed by atoms with Crippen LogP contribution in [0.25, 0.3) is 16.6 Å². The molecule has 2 amide bonds. The van der Waals surface area contributed by atoms with Crippen LogP contribution in [0.4, 0.5) is 9.59 Å². The highest BCUT2D eigenvalue weighted by Gasteiger charge is 2.19. The number of benzene rings is 1. The Labute approximate surface area is 163 Å². The van der Waals surface area contributed by atoms with Crippen LogP contribution in [0.15, 0.2) is 24.4 Å². The molecule has 8 heteroatoms. The highest BCUT2D eigenvalue weighted by atomic mass is 16.6. The first-order chi connectivity index (χ1) is 13.2. The van der Waals surface area contributed by atoms with Gasteiger partial charge in [0.05, 0.1) is 24.7 Å². The van der Waals surface area contributed by atoms with Crippen molar-refractivity contribution >= 4 is 28.8 Å². The monoisotopic (exact) mass is 386 g/mol. The number of amides is 2. The van der Waals surface area contributed by atoms with Gasteiger partial charge < -0.3 is 19.8 Å². The van der Waals surface area contributed by atoms with Crippen molar-refractivity contribution in [3.63, 3.8) is 0 Å². The normalized spacial score (nSPS) is 14.6. The average molecular weight is 386 g/mol. The van der Waals surface area contributed by atoms with Crippen molar-refractivity contribution in [3.05, 3.63) is 35.8 Å². The Morgan fingerprint density at radius 2 is 2.11 bits per heavy atom. The minimum Gasteiger partial charge on any atom is -0.452 e. The summed E-state index contributed by atoms with van der Waals surface area (Å²) < 4.78 is 10.0. The maximum atomic E-state index is 11.8. The van der Waals surface area contributed by atoms with Crippen molar-refractivity contribution in [1.29, 1.82) is 0 Å². The molecule has 0 radical (unpaired) electrons. The Bertz CT molecular complexity index is 911. The molecule has 0 fully saturated rings.